The van der Waals surface area contributed by atoms with Gasteiger partial charge < -0.3 is 5.11 Å². The topological polar surface area (TPSA) is 20.2 Å². The van der Waals surface area contributed by atoms with E-state index in [9.17, 15) is 0 Å². The van der Waals surface area contributed by atoms with Crippen molar-refractivity contribution in [1.82, 2.24) is 0 Å². The lowest BCUT2D eigenvalue weighted by atomic mass is 10.2. The molecule has 0 saturated heterocycles. The van der Waals surface area contributed by atoms with Crippen LogP contribution < -0.4 is 0 Å². The maximum atomic E-state index is 8.78. The number of hydrogen-bond acceptors (Lipinski definition) is 1. The Balaban J connectivity index is 0. The van der Waals surface area contributed by atoms with E-state index in [-0.39, 0.29) is 6.61 Å². The van der Waals surface area contributed by atoms with Gasteiger partial charge in [-0.25, -0.2) is 0 Å². The van der Waals surface area contributed by atoms with E-state index >= 15 is 0 Å². The first-order valence-electron chi connectivity index (χ1n) is 4.54. The molecule has 0 aromatic heterocycles. The van der Waals surface area contributed by atoms with Gasteiger partial charge in [-0.3, -0.25) is 0 Å². The summed E-state index contributed by atoms with van der Waals surface area (Å²) in [6.45, 7) is 11.2. The normalized spacial score (nSPS) is 10.5. The molecule has 1 N–H and O–H groups in total. The van der Waals surface area contributed by atoms with Crippen molar-refractivity contribution in [2.45, 2.75) is 20.3 Å². The molecule has 0 aliphatic heterocycles. The number of aliphatic hydroxyl groups excluding tert-OH is 1. The molecule has 0 amide bonds. The van der Waals surface area contributed by atoms with E-state index in [0.717, 1.165) is 12.0 Å². The number of hydrogen-bond donors (Lipinski definition) is 1. The van der Waals surface area contributed by atoms with E-state index < -0.39 is 0 Å². The monoisotopic (exact) mass is 180 g/mol. The van der Waals surface area contributed by atoms with Crippen LogP contribution in [0.4, 0.5) is 0 Å². The zero-order valence-electron chi connectivity index (χ0n) is 8.66. The van der Waals surface area contributed by atoms with Crippen molar-refractivity contribution in [3.8, 4) is 0 Å². The van der Waals surface area contributed by atoms with Crippen LogP contribution in [-0.4, -0.2) is 11.7 Å². The molecule has 0 bridgehead atoms. The fraction of sp³-hybridized carbons (Fsp3) is 0.333. The van der Waals surface area contributed by atoms with Crippen LogP contribution in [0.25, 0.3) is 0 Å². The number of aliphatic hydroxyl groups is 1. The Morgan fingerprint density at radius 3 is 2.23 bits per heavy atom. The van der Waals surface area contributed by atoms with E-state index in [1.807, 2.05) is 32.1 Å². The summed E-state index contributed by atoms with van der Waals surface area (Å²) in [7, 11) is 0. The first-order valence-corrected chi connectivity index (χ1v) is 4.54. The minimum atomic E-state index is 0.0908. The quantitative estimate of drug-likeness (QED) is 0.644. The second-order valence-corrected chi connectivity index (χ2v) is 2.09. The number of allylic oxidation sites excluding steroid dienone is 5. The summed E-state index contributed by atoms with van der Waals surface area (Å²) in [5.74, 6) is 0. The highest BCUT2D eigenvalue weighted by Crippen LogP contribution is 2.00. The van der Waals surface area contributed by atoms with E-state index in [1.165, 1.54) is 0 Å². The van der Waals surface area contributed by atoms with Crippen LogP contribution in [0.15, 0.2) is 49.1 Å². The molecular weight excluding hydrogens is 160 g/mol. The lowest BCUT2D eigenvalue weighted by molar-refractivity contribution is 0.329. The molecule has 0 unspecified atom stereocenters. The van der Waals surface area contributed by atoms with Crippen molar-refractivity contribution in [1.29, 1.82) is 0 Å². The number of rotatable bonds is 5. The van der Waals surface area contributed by atoms with Gasteiger partial charge in [0.25, 0.3) is 0 Å². The largest absolute Gasteiger partial charge is 0.392 e. The standard InChI is InChI=1S/C10H14O.C2H6/c1-3-5-6-8-10(9-11)7-4-2;1-2/h3-7,11H,1-2,8-9H2;1-2H3/b6-5-,10-7+;. The molecule has 0 aromatic carbocycles. The van der Waals surface area contributed by atoms with Crippen molar-refractivity contribution in [3.05, 3.63) is 49.1 Å². The average molecular weight is 180 g/mol. The van der Waals surface area contributed by atoms with Crippen LogP contribution in [0, 0.1) is 0 Å². The van der Waals surface area contributed by atoms with Crippen LogP contribution >= 0.6 is 0 Å². The summed E-state index contributed by atoms with van der Waals surface area (Å²) >= 11 is 0. The van der Waals surface area contributed by atoms with Gasteiger partial charge in [-0.15, -0.1) is 0 Å². The molecule has 0 heterocycles. The molecule has 0 radical (unpaired) electrons. The van der Waals surface area contributed by atoms with Crippen molar-refractivity contribution in [2.24, 2.45) is 0 Å². The molecule has 0 saturated carbocycles. The summed E-state index contributed by atoms with van der Waals surface area (Å²) in [5, 5.41) is 8.78. The Hall–Kier alpha value is -1.08. The van der Waals surface area contributed by atoms with Crippen molar-refractivity contribution in [2.75, 3.05) is 6.61 Å². The highest BCUT2D eigenvalue weighted by molar-refractivity contribution is 5.15. The predicted octanol–water partition coefficient (Wildman–Crippen LogP) is 3.25. The van der Waals surface area contributed by atoms with Crippen molar-refractivity contribution >= 4 is 0 Å². The van der Waals surface area contributed by atoms with Gasteiger partial charge in [-0.2, -0.15) is 0 Å². The molecule has 13 heavy (non-hydrogen) atoms. The lowest BCUT2D eigenvalue weighted by Crippen LogP contribution is -1.87. The highest BCUT2D eigenvalue weighted by atomic mass is 16.3. The highest BCUT2D eigenvalue weighted by Gasteiger charge is 1.87. The SMILES string of the molecule is C=C/C=C\C/C(=C\C=C)CO.CC. The summed E-state index contributed by atoms with van der Waals surface area (Å²) in [6, 6.07) is 0. The molecule has 0 fully saturated rings. The van der Waals surface area contributed by atoms with Crippen LogP contribution in [-0.2, 0) is 0 Å². The Bertz CT molecular complexity index is 176. The third-order valence-corrected chi connectivity index (χ3v) is 1.21. The molecular formula is C12H20O. The Kier molecular flexibility index (Phi) is 15.0. The van der Waals surface area contributed by atoms with E-state index in [2.05, 4.69) is 13.2 Å². The zero-order chi connectivity index (χ0) is 10.5. The molecule has 0 rings (SSSR count). The fourth-order valence-corrected chi connectivity index (χ4v) is 0.668. The van der Waals surface area contributed by atoms with Crippen LogP contribution in [0.1, 0.15) is 20.3 Å². The van der Waals surface area contributed by atoms with Crippen molar-refractivity contribution in [3.63, 3.8) is 0 Å². The summed E-state index contributed by atoms with van der Waals surface area (Å²) in [6.07, 6.45) is 9.75. The Morgan fingerprint density at radius 1 is 1.23 bits per heavy atom. The Morgan fingerprint density at radius 2 is 1.85 bits per heavy atom. The molecule has 1 heteroatoms. The summed E-state index contributed by atoms with van der Waals surface area (Å²) in [5.41, 5.74) is 0.957. The van der Waals surface area contributed by atoms with Gasteiger partial charge in [-0.05, 0) is 12.0 Å². The Labute approximate surface area is 81.8 Å². The van der Waals surface area contributed by atoms with Gasteiger partial charge in [0.1, 0.15) is 0 Å². The van der Waals surface area contributed by atoms with Gasteiger partial charge in [0, 0.05) is 0 Å². The molecule has 0 atom stereocenters. The van der Waals surface area contributed by atoms with Gasteiger partial charge in [-0.1, -0.05) is 57.4 Å². The van der Waals surface area contributed by atoms with Crippen LogP contribution in [0.2, 0.25) is 0 Å². The maximum Gasteiger partial charge on any atom is 0.0647 e. The maximum absolute atomic E-state index is 8.78. The van der Waals surface area contributed by atoms with Gasteiger partial charge >= 0.3 is 0 Å². The summed E-state index contributed by atoms with van der Waals surface area (Å²) in [4.78, 5) is 0. The van der Waals surface area contributed by atoms with Gasteiger partial charge in [0.05, 0.1) is 6.61 Å². The van der Waals surface area contributed by atoms with Crippen LogP contribution in [0.3, 0.4) is 0 Å². The molecule has 0 spiro atoms. The first-order chi connectivity index (χ1) is 6.35. The summed E-state index contributed by atoms with van der Waals surface area (Å²) < 4.78 is 0. The minimum Gasteiger partial charge on any atom is -0.392 e. The molecule has 0 aliphatic rings. The minimum absolute atomic E-state index is 0.0908. The second-order valence-electron chi connectivity index (χ2n) is 2.09. The van der Waals surface area contributed by atoms with E-state index in [4.69, 9.17) is 5.11 Å². The van der Waals surface area contributed by atoms with Crippen molar-refractivity contribution < 1.29 is 5.11 Å². The van der Waals surface area contributed by atoms with Crippen LogP contribution in [0.5, 0.6) is 0 Å². The third kappa shape index (κ3) is 10.9. The lowest BCUT2D eigenvalue weighted by Gasteiger charge is -1.95. The smallest absolute Gasteiger partial charge is 0.0647 e. The van der Waals surface area contributed by atoms with Gasteiger partial charge in [0.15, 0.2) is 0 Å². The second kappa shape index (κ2) is 13.5. The van der Waals surface area contributed by atoms with E-state index in [0.29, 0.717) is 0 Å². The third-order valence-electron chi connectivity index (χ3n) is 1.21. The molecule has 74 valence electrons. The predicted molar refractivity (Wildman–Crippen MR) is 60.7 cm³/mol. The first kappa shape index (κ1) is 14.4. The average Bonchev–Trinajstić information content (AvgIpc) is 2.20. The van der Waals surface area contributed by atoms with Gasteiger partial charge in [0.2, 0.25) is 0 Å². The molecule has 0 aliphatic carbocycles. The zero-order valence-corrected chi connectivity index (χ0v) is 8.66. The van der Waals surface area contributed by atoms with E-state index in [1.54, 1.807) is 12.2 Å². The fourth-order valence-electron chi connectivity index (χ4n) is 0.668. The molecule has 0 aromatic rings. The molecule has 1 nitrogen and oxygen atoms in total.